The molecule has 0 aromatic rings. The Morgan fingerprint density at radius 3 is 1.36 bits per heavy atom. The lowest BCUT2D eigenvalue weighted by atomic mass is 10.0. The molecular formula is C7H12F3NO2S. The van der Waals surface area contributed by atoms with Crippen molar-refractivity contribution in [3.8, 4) is 0 Å². The zero-order valence-electron chi connectivity index (χ0n) is 8.31. The Hall–Kier alpha value is -0.300. The zero-order chi connectivity index (χ0) is 11.6. The molecule has 1 heterocycles. The Kier molecular flexibility index (Phi) is 2.05. The van der Waals surface area contributed by atoms with Crippen molar-refractivity contribution in [2.75, 3.05) is 0 Å². The van der Waals surface area contributed by atoms with E-state index in [-0.39, 0.29) is 0 Å². The van der Waals surface area contributed by atoms with Gasteiger partial charge in [-0.05, 0) is 27.7 Å². The number of halogens is 3. The highest BCUT2D eigenvalue weighted by molar-refractivity contribution is 7.90. The predicted molar refractivity (Wildman–Crippen MR) is 45.0 cm³/mol. The van der Waals surface area contributed by atoms with Gasteiger partial charge in [0.2, 0.25) is 0 Å². The van der Waals surface area contributed by atoms with Gasteiger partial charge in [0.05, 0.1) is 11.1 Å². The third-order valence-electron chi connectivity index (χ3n) is 3.00. The zero-order valence-corrected chi connectivity index (χ0v) is 9.12. The maximum atomic E-state index is 12.2. The molecule has 0 aromatic heterocycles. The fraction of sp³-hybridized carbons (Fsp3) is 1.00. The fourth-order valence-corrected chi connectivity index (χ4v) is 3.39. The van der Waals surface area contributed by atoms with Crippen molar-refractivity contribution in [2.45, 2.75) is 44.3 Å². The van der Waals surface area contributed by atoms with E-state index in [1.807, 2.05) is 0 Å². The number of hydrogen-bond donors (Lipinski definition) is 0. The standard InChI is InChI=1S/C7H12F3NO2S/c1-5(2)6(3,4)11(5)14(12,13)7(8,9)10/h1-4H3. The first kappa shape index (κ1) is 11.8. The molecule has 0 N–H and O–H groups in total. The molecule has 0 unspecified atom stereocenters. The summed E-state index contributed by atoms with van der Waals surface area (Å²) in [5, 5.41) is 0. The van der Waals surface area contributed by atoms with Crippen LogP contribution in [0.5, 0.6) is 0 Å². The topological polar surface area (TPSA) is 37.1 Å². The molecule has 0 bridgehead atoms. The highest BCUT2D eigenvalue weighted by atomic mass is 32.2. The molecule has 0 spiro atoms. The molecular weight excluding hydrogens is 219 g/mol. The summed E-state index contributed by atoms with van der Waals surface area (Å²) in [4.78, 5) is 0. The van der Waals surface area contributed by atoms with E-state index in [0.717, 1.165) is 0 Å². The van der Waals surface area contributed by atoms with Crippen molar-refractivity contribution in [1.82, 2.24) is 4.31 Å². The number of nitrogens with zero attached hydrogens (tertiary/aromatic N) is 1. The summed E-state index contributed by atoms with van der Waals surface area (Å²) in [6.45, 7) is 5.87. The lowest BCUT2D eigenvalue weighted by Crippen LogP contribution is -2.33. The second-order valence-electron chi connectivity index (χ2n) is 4.33. The Morgan fingerprint density at radius 1 is 1.00 bits per heavy atom. The van der Waals surface area contributed by atoms with Gasteiger partial charge < -0.3 is 0 Å². The van der Waals surface area contributed by atoms with E-state index < -0.39 is 26.6 Å². The van der Waals surface area contributed by atoms with Crippen LogP contribution in [-0.4, -0.2) is 29.3 Å². The number of sulfonamides is 1. The third-order valence-corrected chi connectivity index (χ3v) is 4.97. The van der Waals surface area contributed by atoms with E-state index in [9.17, 15) is 21.6 Å². The van der Waals surface area contributed by atoms with Crippen LogP contribution >= 0.6 is 0 Å². The van der Waals surface area contributed by atoms with Crippen LogP contribution in [0.3, 0.4) is 0 Å². The van der Waals surface area contributed by atoms with Crippen LogP contribution < -0.4 is 0 Å². The lowest BCUT2D eigenvalue weighted by molar-refractivity contribution is -0.0473. The van der Waals surface area contributed by atoms with Crippen LogP contribution in [0.15, 0.2) is 0 Å². The highest BCUT2D eigenvalue weighted by Crippen LogP contribution is 2.55. The summed E-state index contributed by atoms with van der Waals surface area (Å²) in [6.07, 6.45) is 0. The van der Waals surface area contributed by atoms with Gasteiger partial charge in [0, 0.05) is 0 Å². The fourth-order valence-electron chi connectivity index (χ4n) is 1.58. The molecule has 0 amide bonds. The second-order valence-corrected chi connectivity index (χ2v) is 6.11. The molecule has 1 fully saturated rings. The first-order valence-electron chi connectivity index (χ1n) is 3.98. The van der Waals surface area contributed by atoms with Gasteiger partial charge in [-0.15, -0.1) is 0 Å². The van der Waals surface area contributed by atoms with Crippen LogP contribution in [0.2, 0.25) is 0 Å². The van der Waals surface area contributed by atoms with Gasteiger partial charge >= 0.3 is 15.5 Å². The van der Waals surface area contributed by atoms with Crippen LogP contribution in [0, 0.1) is 0 Å². The van der Waals surface area contributed by atoms with E-state index in [1.165, 1.54) is 27.7 Å². The summed E-state index contributed by atoms with van der Waals surface area (Å²) < 4.78 is 59.1. The van der Waals surface area contributed by atoms with Gasteiger partial charge in [-0.2, -0.15) is 17.5 Å². The number of alkyl halides is 3. The quantitative estimate of drug-likeness (QED) is 0.644. The van der Waals surface area contributed by atoms with Gasteiger partial charge in [0.1, 0.15) is 0 Å². The molecule has 1 aliphatic heterocycles. The van der Waals surface area contributed by atoms with E-state index in [1.54, 1.807) is 0 Å². The maximum Gasteiger partial charge on any atom is 0.511 e. The normalized spacial score (nSPS) is 26.2. The summed E-state index contributed by atoms with van der Waals surface area (Å²) in [6, 6.07) is 0. The van der Waals surface area contributed by atoms with Gasteiger partial charge in [-0.1, -0.05) is 0 Å². The highest BCUT2D eigenvalue weighted by Gasteiger charge is 2.73. The van der Waals surface area contributed by atoms with Crippen molar-refractivity contribution in [1.29, 1.82) is 0 Å². The molecule has 14 heavy (non-hydrogen) atoms. The van der Waals surface area contributed by atoms with Crippen molar-refractivity contribution in [3.05, 3.63) is 0 Å². The Labute approximate surface area is 80.9 Å². The summed E-state index contributed by atoms with van der Waals surface area (Å²) in [7, 11) is -5.19. The molecule has 0 saturated carbocycles. The van der Waals surface area contributed by atoms with Gasteiger partial charge in [0.15, 0.2) is 0 Å². The average molecular weight is 231 g/mol. The minimum Gasteiger partial charge on any atom is -0.203 e. The summed E-state index contributed by atoms with van der Waals surface area (Å²) >= 11 is 0. The number of hydrogen-bond acceptors (Lipinski definition) is 2. The van der Waals surface area contributed by atoms with E-state index in [2.05, 4.69) is 0 Å². The van der Waals surface area contributed by atoms with Crippen molar-refractivity contribution in [2.24, 2.45) is 0 Å². The van der Waals surface area contributed by atoms with E-state index in [4.69, 9.17) is 0 Å². The average Bonchev–Trinajstić information content (AvgIpc) is 2.19. The minimum absolute atomic E-state index is 0.493. The molecule has 3 nitrogen and oxygen atoms in total. The van der Waals surface area contributed by atoms with Crippen LogP contribution in [0.4, 0.5) is 13.2 Å². The Morgan fingerprint density at radius 2 is 1.29 bits per heavy atom. The molecule has 0 aliphatic carbocycles. The molecule has 1 rings (SSSR count). The minimum atomic E-state index is -5.21. The first-order chi connectivity index (χ1) is 5.87. The molecule has 0 atom stereocenters. The summed E-state index contributed by atoms with van der Waals surface area (Å²) in [5.74, 6) is 0. The van der Waals surface area contributed by atoms with Crippen molar-refractivity contribution < 1.29 is 21.6 Å². The largest absolute Gasteiger partial charge is 0.511 e. The molecule has 1 aliphatic rings. The Bertz CT molecular complexity index is 342. The molecule has 84 valence electrons. The first-order valence-corrected chi connectivity index (χ1v) is 5.42. The lowest BCUT2D eigenvalue weighted by Gasteiger charge is -2.11. The van der Waals surface area contributed by atoms with Crippen LogP contribution in [-0.2, 0) is 10.0 Å². The van der Waals surface area contributed by atoms with Crippen LogP contribution in [0.1, 0.15) is 27.7 Å². The predicted octanol–water partition coefficient (Wildman–Crippen LogP) is 1.71. The second kappa shape index (κ2) is 2.44. The third kappa shape index (κ3) is 1.18. The monoisotopic (exact) mass is 231 g/mol. The summed E-state index contributed by atoms with van der Waals surface area (Å²) in [5.41, 5.74) is -7.15. The van der Waals surface area contributed by atoms with Crippen LogP contribution in [0.25, 0.3) is 0 Å². The smallest absolute Gasteiger partial charge is 0.203 e. The molecule has 0 aromatic carbocycles. The maximum absolute atomic E-state index is 12.2. The SMILES string of the molecule is CC1(C)N(S(=O)(=O)C(F)(F)F)C1(C)C. The van der Waals surface area contributed by atoms with Gasteiger partial charge in [0.25, 0.3) is 0 Å². The van der Waals surface area contributed by atoms with E-state index in [0.29, 0.717) is 4.31 Å². The van der Waals surface area contributed by atoms with E-state index >= 15 is 0 Å². The number of rotatable bonds is 1. The molecule has 1 saturated heterocycles. The van der Waals surface area contributed by atoms with Gasteiger partial charge in [-0.3, -0.25) is 0 Å². The molecule has 0 radical (unpaired) electrons. The van der Waals surface area contributed by atoms with Crippen molar-refractivity contribution in [3.63, 3.8) is 0 Å². The van der Waals surface area contributed by atoms with Gasteiger partial charge in [-0.25, -0.2) is 8.42 Å². The Balaban J connectivity index is 3.14. The van der Waals surface area contributed by atoms with Crippen molar-refractivity contribution >= 4 is 10.0 Å². The molecule has 7 heteroatoms.